The molecule has 7 heteroatoms. The van der Waals surface area contributed by atoms with Crippen molar-refractivity contribution >= 4 is 27.3 Å². The zero-order valence-electron chi connectivity index (χ0n) is 12.9. The molecule has 3 heterocycles. The van der Waals surface area contributed by atoms with Crippen LogP contribution in [0.4, 0.5) is 0 Å². The highest BCUT2D eigenvalue weighted by atomic mass is 79.9. The third-order valence-corrected chi connectivity index (χ3v) is 5.28. The highest BCUT2D eigenvalue weighted by Gasteiger charge is 2.18. The van der Waals surface area contributed by atoms with E-state index in [2.05, 4.69) is 49.9 Å². The van der Waals surface area contributed by atoms with E-state index in [0.29, 0.717) is 24.3 Å². The second kappa shape index (κ2) is 7.33. The van der Waals surface area contributed by atoms with Crippen LogP contribution in [-0.2, 0) is 6.54 Å². The van der Waals surface area contributed by atoms with Gasteiger partial charge in [0.15, 0.2) is 0 Å². The summed E-state index contributed by atoms with van der Waals surface area (Å²) in [4.78, 5) is 11.8. The fraction of sp³-hybridized carbons (Fsp3) is 0.312. The van der Waals surface area contributed by atoms with E-state index in [-0.39, 0.29) is 0 Å². The van der Waals surface area contributed by atoms with Crippen LogP contribution in [-0.4, -0.2) is 27.1 Å². The third-order valence-electron chi connectivity index (χ3n) is 3.66. The topological polar surface area (TPSA) is 55.1 Å². The lowest BCUT2D eigenvalue weighted by molar-refractivity contribution is 0.199. The molecule has 0 saturated heterocycles. The molecule has 120 valence electrons. The van der Waals surface area contributed by atoms with Gasteiger partial charge in [0.1, 0.15) is 0 Å². The molecule has 0 spiro atoms. The number of nitrogens with zero attached hydrogens (tertiary/aromatic N) is 4. The van der Waals surface area contributed by atoms with Crippen LogP contribution in [0, 0.1) is 0 Å². The van der Waals surface area contributed by atoms with Crippen LogP contribution >= 0.6 is 27.3 Å². The van der Waals surface area contributed by atoms with Gasteiger partial charge in [0.05, 0.1) is 15.2 Å². The monoisotopic (exact) mass is 392 g/mol. The lowest BCUT2D eigenvalue weighted by atomic mass is 10.0. The van der Waals surface area contributed by atoms with Crippen LogP contribution in [0.25, 0.3) is 10.7 Å². The minimum Gasteiger partial charge on any atom is -0.338 e. The summed E-state index contributed by atoms with van der Waals surface area (Å²) in [5, 5.41) is 4.08. The standard InChI is InChI=1S/C16H17BrN4OS/c1-3-12(11-6-8-18-9-7-11)21(2)10-15-19-16(20-22-15)13-4-5-14(17)23-13/h4-9,12H,3,10H2,1-2H3/t12-/m0/s1. The summed E-state index contributed by atoms with van der Waals surface area (Å²) < 4.78 is 6.46. The Morgan fingerprint density at radius 2 is 2.04 bits per heavy atom. The first-order valence-electron chi connectivity index (χ1n) is 7.36. The molecule has 0 bridgehead atoms. The zero-order valence-corrected chi connectivity index (χ0v) is 15.3. The van der Waals surface area contributed by atoms with Crippen molar-refractivity contribution in [2.45, 2.75) is 25.9 Å². The largest absolute Gasteiger partial charge is 0.338 e. The molecule has 0 fully saturated rings. The Hall–Kier alpha value is -1.57. The van der Waals surface area contributed by atoms with Gasteiger partial charge in [-0.3, -0.25) is 9.88 Å². The number of thiophene rings is 1. The summed E-state index contributed by atoms with van der Waals surface area (Å²) in [6.07, 6.45) is 4.65. The highest BCUT2D eigenvalue weighted by Crippen LogP contribution is 2.30. The van der Waals surface area contributed by atoms with Crippen LogP contribution in [0.3, 0.4) is 0 Å². The Morgan fingerprint density at radius 3 is 2.70 bits per heavy atom. The van der Waals surface area contributed by atoms with Gasteiger partial charge in [0.25, 0.3) is 0 Å². The smallest absolute Gasteiger partial charge is 0.241 e. The molecular formula is C16H17BrN4OS. The summed E-state index contributed by atoms with van der Waals surface area (Å²) in [6.45, 7) is 2.78. The lowest BCUT2D eigenvalue weighted by Gasteiger charge is -2.25. The maximum Gasteiger partial charge on any atom is 0.241 e. The summed E-state index contributed by atoms with van der Waals surface area (Å²) in [5.41, 5.74) is 1.24. The second-order valence-corrected chi connectivity index (χ2v) is 7.70. The quantitative estimate of drug-likeness (QED) is 0.616. The van der Waals surface area contributed by atoms with Crippen molar-refractivity contribution < 1.29 is 4.52 Å². The Bertz CT molecular complexity index is 758. The van der Waals surface area contributed by atoms with E-state index in [4.69, 9.17) is 4.52 Å². The van der Waals surface area contributed by atoms with E-state index in [1.807, 2.05) is 36.7 Å². The van der Waals surface area contributed by atoms with E-state index < -0.39 is 0 Å². The fourth-order valence-electron chi connectivity index (χ4n) is 2.56. The first kappa shape index (κ1) is 16.3. The Labute approximate surface area is 147 Å². The normalized spacial score (nSPS) is 12.7. The molecule has 0 aliphatic carbocycles. The van der Waals surface area contributed by atoms with Gasteiger partial charge in [-0.15, -0.1) is 11.3 Å². The average molecular weight is 393 g/mol. The van der Waals surface area contributed by atoms with E-state index in [0.717, 1.165) is 15.1 Å². The van der Waals surface area contributed by atoms with Crippen LogP contribution in [0.2, 0.25) is 0 Å². The molecule has 0 aromatic carbocycles. The van der Waals surface area contributed by atoms with E-state index >= 15 is 0 Å². The second-order valence-electron chi connectivity index (χ2n) is 5.24. The van der Waals surface area contributed by atoms with Gasteiger partial charge >= 0.3 is 0 Å². The molecule has 0 saturated carbocycles. The van der Waals surface area contributed by atoms with Crippen molar-refractivity contribution in [3.8, 4) is 10.7 Å². The maximum absolute atomic E-state index is 5.41. The maximum atomic E-state index is 5.41. The van der Waals surface area contributed by atoms with Gasteiger partial charge in [-0.1, -0.05) is 12.1 Å². The van der Waals surface area contributed by atoms with Crippen molar-refractivity contribution in [2.75, 3.05) is 7.05 Å². The van der Waals surface area contributed by atoms with Gasteiger partial charge < -0.3 is 4.52 Å². The summed E-state index contributed by atoms with van der Waals surface area (Å²) in [7, 11) is 2.07. The summed E-state index contributed by atoms with van der Waals surface area (Å²) in [6, 6.07) is 8.36. The molecule has 0 aliphatic rings. The molecule has 0 unspecified atom stereocenters. The number of rotatable bonds is 6. The Balaban J connectivity index is 1.72. The van der Waals surface area contributed by atoms with Gasteiger partial charge in [0.2, 0.25) is 11.7 Å². The molecule has 1 atom stereocenters. The summed E-state index contributed by atoms with van der Waals surface area (Å²) in [5.74, 6) is 1.26. The van der Waals surface area contributed by atoms with E-state index in [1.54, 1.807) is 11.3 Å². The van der Waals surface area contributed by atoms with Crippen LogP contribution in [0.15, 0.2) is 45.0 Å². The molecule has 3 aromatic rings. The lowest BCUT2D eigenvalue weighted by Crippen LogP contribution is -2.24. The van der Waals surface area contributed by atoms with Crippen LogP contribution < -0.4 is 0 Å². The highest BCUT2D eigenvalue weighted by molar-refractivity contribution is 9.11. The van der Waals surface area contributed by atoms with E-state index in [1.165, 1.54) is 5.56 Å². The number of hydrogen-bond acceptors (Lipinski definition) is 6. The molecule has 3 rings (SSSR count). The van der Waals surface area contributed by atoms with Gasteiger partial charge in [-0.05, 0) is 59.2 Å². The average Bonchev–Trinajstić information content (AvgIpc) is 3.18. The fourth-order valence-corrected chi connectivity index (χ4v) is 3.88. The van der Waals surface area contributed by atoms with Crippen molar-refractivity contribution in [1.82, 2.24) is 20.0 Å². The van der Waals surface area contributed by atoms with Crippen molar-refractivity contribution in [3.63, 3.8) is 0 Å². The van der Waals surface area contributed by atoms with E-state index in [9.17, 15) is 0 Å². The molecule has 0 N–H and O–H groups in total. The predicted octanol–water partition coefficient (Wildman–Crippen LogP) is 4.54. The van der Waals surface area contributed by atoms with Crippen LogP contribution in [0.1, 0.15) is 30.8 Å². The molecule has 3 aromatic heterocycles. The minimum atomic E-state index is 0.296. The molecule has 0 aliphatic heterocycles. The van der Waals surface area contributed by atoms with Crippen molar-refractivity contribution in [2.24, 2.45) is 0 Å². The first-order valence-corrected chi connectivity index (χ1v) is 8.96. The predicted molar refractivity (Wildman–Crippen MR) is 94.0 cm³/mol. The minimum absolute atomic E-state index is 0.296. The molecule has 5 nitrogen and oxygen atoms in total. The van der Waals surface area contributed by atoms with Gasteiger partial charge in [0, 0.05) is 18.4 Å². The Morgan fingerprint density at radius 1 is 1.26 bits per heavy atom. The third kappa shape index (κ3) is 3.85. The molecule has 23 heavy (non-hydrogen) atoms. The summed E-state index contributed by atoms with van der Waals surface area (Å²) >= 11 is 5.04. The van der Waals surface area contributed by atoms with Gasteiger partial charge in [-0.2, -0.15) is 4.98 Å². The number of aromatic nitrogens is 3. The number of hydrogen-bond donors (Lipinski definition) is 0. The van der Waals surface area contributed by atoms with Crippen LogP contribution in [0.5, 0.6) is 0 Å². The SMILES string of the molecule is CC[C@@H](c1ccncc1)N(C)Cc1nc(-c2ccc(Br)s2)no1. The zero-order chi connectivity index (χ0) is 16.2. The molecule has 0 amide bonds. The number of halogens is 1. The molecular weight excluding hydrogens is 376 g/mol. The van der Waals surface area contributed by atoms with Crippen molar-refractivity contribution in [3.05, 3.63) is 51.9 Å². The number of pyridine rings is 1. The Kier molecular flexibility index (Phi) is 5.20. The van der Waals surface area contributed by atoms with Gasteiger partial charge in [-0.25, -0.2) is 0 Å². The van der Waals surface area contributed by atoms with Crippen molar-refractivity contribution in [1.29, 1.82) is 0 Å². The molecule has 0 radical (unpaired) electrons. The first-order chi connectivity index (χ1) is 11.2.